The van der Waals surface area contributed by atoms with Crippen molar-refractivity contribution in [2.75, 3.05) is 39.8 Å². The van der Waals surface area contributed by atoms with E-state index in [4.69, 9.17) is 14.8 Å². The standard InChI is InChI=1S/C22H30N6O4S.C7H6O3/c1-5-7-17-19-20(27(4)25-17)22(29)24-21(23-19)16-14-15(8-9-18(16)32-6-2)33(30,31)28-12-10-26(3)11-13-28;8-6-4-2-1-3-5(6)7(9)10/h8-9,14H,5-7,10-13H2,1-4H3,(H,23,24,29);1-4,8H,(H,9,10)/p-1. The summed E-state index contributed by atoms with van der Waals surface area (Å²) in [6.45, 7) is 6.48. The number of sulfonamides is 1. The van der Waals surface area contributed by atoms with Crippen LogP contribution in [0.4, 0.5) is 0 Å². The van der Waals surface area contributed by atoms with E-state index in [-0.39, 0.29) is 21.8 Å². The van der Waals surface area contributed by atoms with Crippen LogP contribution in [-0.2, 0) is 23.5 Å². The lowest BCUT2D eigenvalue weighted by Crippen LogP contribution is -2.47. The molecule has 2 aromatic carbocycles. The number of H-pyrrole nitrogens is 1. The van der Waals surface area contributed by atoms with Crippen LogP contribution in [0.5, 0.6) is 11.5 Å². The molecule has 0 amide bonds. The molecule has 0 spiro atoms. The second-order valence-corrected chi connectivity index (χ2v) is 12.0. The smallest absolute Gasteiger partial charge is 0.335 e. The summed E-state index contributed by atoms with van der Waals surface area (Å²) < 4.78 is 35.4. The third-order valence-electron chi connectivity index (χ3n) is 6.97. The van der Waals surface area contributed by atoms with Gasteiger partial charge in [0, 0.05) is 33.2 Å². The lowest BCUT2D eigenvalue weighted by molar-refractivity contribution is -0.268. The number of aryl methyl sites for hydroxylation is 2. The fourth-order valence-electron chi connectivity index (χ4n) is 4.74. The predicted molar refractivity (Wildman–Crippen MR) is 159 cm³/mol. The molecule has 230 valence electrons. The third-order valence-corrected chi connectivity index (χ3v) is 8.87. The molecule has 1 saturated heterocycles. The van der Waals surface area contributed by atoms with Gasteiger partial charge in [-0.2, -0.15) is 9.40 Å². The number of fused-ring (bicyclic) bond motifs is 1. The van der Waals surface area contributed by atoms with Crippen molar-refractivity contribution in [1.29, 1.82) is 0 Å². The Morgan fingerprint density at radius 3 is 2.40 bits per heavy atom. The van der Waals surface area contributed by atoms with Gasteiger partial charge in [-0.3, -0.25) is 9.48 Å². The van der Waals surface area contributed by atoms with Gasteiger partial charge in [0.25, 0.3) is 5.56 Å². The zero-order valence-corrected chi connectivity index (χ0v) is 25.3. The van der Waals surface area contributed by atoms with E-state index in [2.05, 4.69) is 15.0 Å². The number of carboxylic acids is 1. The number of likely N-dealkylation sites (N-methyl/N-ethyl adjacent to an activating group) is 1. The highest BCUT2D eigenvalue weighted by molar-refractivity contribution is 7.89. The summed E-state index contributed by atoms with van der Waals surface area (Å²) >= 11 is 0. The zero-order valence-electron chi connectivity index (χ0n) is 24.5. The SMILES string of the molecule is CCCc1nn(C)c2c(=O)[nH]c(-c3cc(S(=O)(=O)N4CCN(C)CC4)ccc3OCC)nc12.O=C(O)c1ccccc1[O-]. The first-order valence-electron chi connectivity index (χ1n) is 13.9. The Morgan fingerprint density at radius 2 is 1.79 bits per heavy atom. The van der Waals surface area contributed by atoms with Crippen LogP contribution >= 0.6 is 0 Å². The Kier molecular flexibility index (Phi) is 9.84. The van der Waals surface area contributed by atoms with Gasteiger partial charge in [0.2, 0.25) is 10.0 Å². The number of aromatic carboxylic acids is 1. The van der Waals surface area contributed by atoms with Crippen LogP contribution < -0.4 is 15.4 Å². The average Bonchev–Trinajstić information content (AvgIpc) is 3.29. The predicted octanol–water partition coefficient (Wildman–Crippen LogP) is 2.07. The van der Waals surface area contributed by atoms with Crippen molar-refractivity contribution in [2.45, 2.75) is 31.6 Å². The minimum absolute atomic E-state index is 0.147. The maximum absolute atomic E-state index is 13.3. The summed E-state index contributed by atoms with van der Waals surface area (Å²) in [5, 5.41) is 23.5. The summed E-state index contributed by atoms with van der Waals surface area (Å²) in [4.78, 5) is 32.9. The van der Waals surface area contributed by atoms with Crippen LogP contribution in [0.25, 0.3) is 22.4 Å². The van der Waals surface area contributed by atoms with E-state index >= 15 is 0 Å². The van der Waals surface area contributed by atoms with Gasteiger partial charge in [-0.05, 0) is 44.7 Å². The molecule has 13 nitrogen and oxygen atoms in total. The third kappa shape index (κ3) is 6.87. The number of aromatic nitrogens is 4. The number of hydrogen-bond donors (Lipinski definition) is 2. The van der Waals surface area contributed by atoms with E-state index in [0.717, 1.165) is 12.1 Å². The molecule has 14 heteroatoms. The van der Waals surface area contributed by atoms with E-state index in [9.17, 15) is 23.1 Å². The summed E-state index contributed by atoms with van der Waals surface area (Å²) in [5.74, 6) is -0.907. The Balaban J connectivity index is 0.000000359. The topological polar surface area (TPSA) is 174 Å². The molecule has 0 unspecified atom stereocenters. The Hall–Kier alpha value is -4.27. The van der Waals surface area contributed by atoms with Gasteiger partial charge in [-0.15, -0.1) is 0 Å². The molecule has 0 aliphatic carbocycles. The Bertz CT molecular complexity index is 1780. The van der Waals surface area contributed by atoms with Gasteiger partial charge in [-0.25, -0.2) is 18.2 Å². The number of piperazine rings is 1. The van der Waals surface area contributed by atoms with Crippen LogP contribution in [0.3, 0.4) is 0 Å². The molecule has 1 fully saturated rings. The first kappa shape index (κ1) is 31.7. The van der Waals surface area contributed by atoms with Crippen molar-refractivity contribution in [3.05, 3.63) is 64.1 Å². The molecular weight excluding hydrogens is 576 g/mol. The molecule has 3 heterocycles. The first-order chi connectivity index (χ1) is 20.5. The summed E-state index contributed by atoms with van der Waals surface area (Å²) in [6.07, 6.45) is 1.54. The largest absolute Gasteiger partial charge is 0.872 e. The van der Waals surface area contributed by atoms with Crippen LogP contribution in [0.2, 0.25) is 0 Å². The number of rotatable bonds is 8. The summed E-state index contributed by atoms with van der Waals surface area (Å²) in [5.41, 5.74) is 1.57. The second kappa shape index (κ2) is 13.4. The summed E-state index contributed by atoms with van der Waals surface area (Å²) in [7, 11) is -0.00831. The van der Waals surface area contributed by atoms with Crippen molar-refractivity contribution >= 4 is 27.0 Å². The molecule has 2 aromatic heterocycles. The van der Waals surface area contributed by atoms with E-state index < -0.39 is 21.7 Å². The van der Waals surface area contributed by atoms with E-state index in [1.807, 2.05) is 20.9 Å². The van der Waals surface area contributed by atoms with Gasteiger partial charge in [0.05, 0.1) is 28.3 Å². The number of carboxylic acid groups (broad SMARTS) is 1. The number of para-hydroxylation sites is 1. The van der Waals surface area contributed by atoms with E-state index in [0.29, 0.717) is 61.6 Å². The molecule has 1 aliphatic rings. The number of hydrogen-bond acceptors (Lipinski definition) is 9. The minimum Gasteiger partial charge on any atom is -0.872 e. The minimum atomic E-state index is -3.70. The van der Waals surface area contributed by atoms with Gasteiger partial charge >= 0.3 is 5.97 Å². The Labute approximate surface area is 249 Å². The molecule has 0 bridgehead atoms. The van der Waals surface area contributed by atoms with Crippen molar-refractivity contribution < 1.29 is 28.2 Å². The fraction of sp³-hybridized carbons (Fsp3) is 0.379. The second-order valence-electron chi connectivity index (χ2n) is 10.0. The Morgan fingerprint density at radius 1 is 1.09 bits per heavy atom. The highest BCUT2D eigenvalue weighted by Crippen LogP contribution is 2.32. The quantitative estimate of drug-likeness (QED) is 0.300. The number of aromatic amines is 1. The van der Waals surface area contributed by atoms with Crippen molar-refractivity contribution in [3.8, 4) is 22.9 Å². The van der Waals surface area contributed by atoms with Gasteiger partial charge in [0.1, 0.15) is 17.1 Å². The first-order valence-corrected chi connectivity index (χ1v) is 15.3. The summed E-state index contributed by atoms with van der Waals surface area (Å²) in [6, 6.07) is 10.2. The molecule has 0 radical (unpaired) electrons. The number of nitrogens with zero attached hydrogens (tertiary/aromatic N) is 5. The van der Waals surface area contributed by atoms with E-state index in [1.165, 1.54) is 33.3 Å². The average molecular weight is 612 g/mol. The van der Waals surface area contributed by atoms with Gasteiger partial charge in [0.15, 0.2) is 5.52 Å². The molecule has 0 atom stereocenters. The molecular formula is C29H35N6O7S-. The molecule has 1 aliphatic heterocycles. The van der Waals surface area contributed by atoms with Crippen molar-refractivity contribution in [3.63, 3.8) is 0 Å². The molecule has 5 rings (SSSR count). The highest BCUT2D eigenvalue weighted by atomic mass is 32.2. The molecule has 43 heavy (non-hydrogen) atoms. The molecule has 2 N–H and O–H groups in total. The van der Waals surface area contributed by atoms with Gasteiger partial charge in [-0.1, -0.05) is 37.3 Å². The number of nitrogens with one attached hydrogen (secondary N) is 1. The lowest BCUT2D eigenvalue weighted by Gasteiger charge is -2.31. The number of ether oxygens (including phenoxy) is 1. The van der Waals surface area contributed by atoms with Gasteiger partial charge < -0.3 is 24.8 Å². The van der Waals surface area contributed by atoms with Crippen molar-refractivity contribution in [1.82, 2.24) is 29.0 Å². The van der Waals surface area contributed by atoms with Crippen LogP contribution in [0, 0.1) is 0 Å². The zero-order chi connectivity index (χ0) is 31.3. The monoisotopic (exact) mass is 611 g/mol. The van der Waals surface area contributed by atoms with Crippen molar-refractivity contribution in [2.24, 2.45) is 7.05 Å². The number of benzene rings is 2. The van der Waals surface area contributed by atoms with E-state index in [1.54, 1.807) is 25.2 Å². The molecule has 0 saturated carbocycles. The highest BCUT2D eigenvalue weighted by Gasteiger charge is 2.29. The maximum atomic E-state index is 13.3. The van der Waals surface area contributed by atoms with Crippen LogP contribution in [0.1, 0.15) is 36.3 Å². The fourth-order valence-corrected chi connectivity index (χ4v) is 6.19. The normalized spacial score (nSPS) is 14.3. The maximum Gasteiger partial charge on any atom is 0.335 e. The lowest BCUT2D eigenvalue weighted by atomic mass is 10.1. The number of carbonyl (C=O) groups is 1. The van der Waals surface area contributed by atoms with Crippen LogP contribution in [0.15, 0.2) is 52.2 Å². The molecule has 4 aromatic rings. The van der Waals surface area contributed by atoms with Crippen LogP contribution in [-0.4, -0.2) is 88.3 Å².